The molecule has 0 saturated carbocycles. The second kappa shape index (κ2) is 4.64. The smallest absolute Gasteiger partial charge is 0.250 e. The van der Waals surface area contributed by atoms with E-state index in [0.717, 1.165) is 10.9 Å². The van der Waals surface area contributed by atoms with E-state index in [-0.39, 0.29) is 5.56 Å². The fraction of sp³-hybridized carbons (Fsp3) is 0.250. The van der Waals surface area contributed by atoms with Crippen molar-refractivity contribution in [2.24, 2.45) is 7.05 Å². The number of nitrogen functional groups attached to an aromatic ring is 1. The third kappa shape index (κ3) is 2.01. The normalized spacial score (nSPS) is 9.53. The van der Waals surface area contributed by atoms with E-state index >= 15 is 0 Å². The molecule has 0 unspecified atom stereocenters. The van der Waals surface area contributed by atoms with Gasteiger partial charge in [-0.1, -0.05) is 19.9 Å². The number of fused-ring (bicyclic) bond motifs is 1. The first-order valence-corrected chi connectivity index (χ1v) is 5.04. The zero-order valence-electron chi connectivity index (χ0n) is 9.32. The van der Waals surface area contributed by atoms with Gasteiger partial charge in [0.25, 0.3) is 5.56 Å². The third-order valence-corrected chi connectivity index (χ3v) is 2.20. The first kappa shape index (κ1) is 11.3. The number of hydrogen-bond acceptors (Lipinski definition) is 2. The van der Waals surface area contributed by atoms with Gasteiger partial charge in [-0.05, 0) is 18.2 Å². The van der Waals surface area contributed by atoms with E-state index in [9.17, 15) is 4.79 Å². The summed E-state index contributed by atoms with van der Waals surface area (Å²) in [5.41, 5.74) is 7.31. The van der Waals surface area contributed by atoms with Gasteiger partial charge in [-0.25, -0.2) is 0 Å². The lowest BCUT2D eigenvalue weighted by atomic mass is 10.2. The van der Waals surface area contributed by atoms with Crippen LogP contribution in [0.2, 0.25) is 0 Å². The van der Waals surface area contributed by atoms with E-state index in [1.165, 1.54) is 6.07 Å². The van der Waals surface area contributed by atoms with E-state index in [4.69, 9.17) is 5.73 Å². The number of anilines is 1. The molecule has 0 aliphatic carbocycles. The molecule has 1 aromatic heterocycles. The molecule has 2 N–H and O–H groups in total. The number of pyridine rings is 1. The number of hydrogen-bond donors (Lipinski definition) is 1. The Morgan fingerprint density at radius 2 is 1.80 bits per heavy atom. The lowest BCUT2D eigenvalue weighted by Crippen LogP contribution is -2.15. The second-order valence-corrected chi connectivity index (χ2v) is 3.01. The SMILES string of the molecule is CC.Cn1c(=O)ccc2c(N)cccc21. The van der Waals surface area contributed by atoms with Gasteiger partial charge < -0.3 is 10.3 Å². The Balaban J connectivity index is 0.000000531. The summed E-state index contributed by atoms with van der Waals surface area (Å²) in [6.45, 7) is 4.00. The molecule has 15 heavy (non-hydrogen) atoms. The Morgan fingerprint density at radius 1 is 1.13 bits per heavy atom. The van der Waals surface area contributed by atoms with Crippen molar-refractivity contribution in [2.75, 3.05) is 5.73 Å². The van der Waals surface area contributed by atoms with E-state index in [1.54, 1.807) is 17.7 Å². The van der Waals surface area contributed by atoms with Crippen molar-refractivity contribution in [3.8, 4) is 0 Å². The van der Waals surface area contributed by atoms with Gasteiger partial charge in [0.2, 0.25) is 0 Å². The molecule has 0 fully saturated rings. The maximum absolute atomic E-state index is 11.3. The zero-order valence-corrected chi connectivity index (χ0v) is 9.32. The maximum atomic E-state index is 11.3. The fourth-order valence-corrected chi connectivity index (χ4v) is 1.43. The number of rotatable bonds is 0. The molecule has 3 nitrogen and oxygen atoms in total. The van der Waals surface area contributed by atoms with Gasteiger partial charge in [0.15, 0.2) is 0 Å². The average molecular weight is 204 g/mol. The minimum atomic E-state index is -0.0156. The highest BCUT2D eigenvalue weighted by molar-refractivity contribution is 5.90. The maximum Gasteiger partial charge on any atom is 0.250 e. The highest BCUT2D eigenvalue weighted by Gasteiger charge is 2.00. The topological polar surface area (TPSA) is 48.0 Å². The summed E-state index contributed by atoms with van der Waals surface area (Å²) in [5, 5.41) is 0.921. The number of benzene rings is 1. The van der Waals surface area contributed by atoms with Crippen LogP contribution in [0.15, 0.2) is 35.1 Å². The molecule has 0 saturated heterocycles. The lowest BCUT2D eigenvalue weighted by Gasteiger charge is -2.05. The van der Waals surface area contributed by atoms with E-state index in [0.29, 0.717) is 5.69 Å². The summed E-state index contributed by atoms with van der Waals surface area (Å²) in [5.74, 6) is 0. The van der Waals surface area contributed by atoms with Crippen LogP contribution in [0.4, 0.5) is 5.69 Å². The predicted molar refractivity (Wildman–Crippen MR) is 64.9 cm³/mol. The molecule has 0 radical (unpaired) electrons. The van der Waals surface area contributed by atoms with Crippen LogP contribution in [0.25, 0.3) is 10.9 Å². The first-order chi connectivity index (χ1) is 7.20. The van der Waals surface area contributed by atoms with Crippen molar-refractivity contribution in [1.82, 2.24) is 4.57 Å². The van der Waals surface area contributed by atoms with Crippen LogP contribution in [0, 0.1) is 0 Å². The number of aryl methyl sites for hydroxylation is 1. The third-order valence-electron chi connectivity index (χ3n) is 2.20. The van der Waals surface area contributed by atoms with Gasteiger partial charge in [0.1, 0.15) is 0 Å². The van der Waals surface area contributed by atoms with Crippen LogP contribution in [-0.4, -0.2) is 4.57 Å². The molecule has 0 spiro atoms. The van der Waals surface area contributed by atoms with Crippen molar-refractivity contribution in [3.63, 3.8) is 0 Å². The Kier molecular flexibility index (Phi) is 3.50. The van der Waals surface area contributed by atoms with Gasteiger partial charge in [-0.3, -0.25) is 4.79 Å². The molecule has 3 heteroatoms. The Bertz CT molecular complexity index is 515. The molecule has 0 aliphatic rings. The van der Waals surface area contributed by atoms with E-state index in [1.807, 2.05) is 32.0 Å². The highest BCUT2D eigenvalue weighted by atomic mass is 16.1. The molecular formula is C12H16N2O. The summed E-state index contributed by atoms with van der Waals surface area (Å²) < 4.78 is 1.59. The molecule has 0 atom stereocenters. The summed E-state index contributed by atoms with van der Waals surface area (Å²) in [7, 11) is 1.74. The standard InChI is InChI=1S/C10H10N2O.C2H6/c1-12-9-4-2-3-8(11)7(9)5-6-10(12)13;1-2/h2-6H,11H2,1H3;1-2H3. The Labute approximate surface area is 89.1 Å². The Hall–Kier alpha value is -1.77. The average Bonchev–Trinajstić information content (AvgIpc) is 2.27. The molecule has 1 aromatic carbocycles. The molecular weight excluding hydrogens is 188 g/mol. The van der Waals surface area contributed by atoms with Gasteiger partial charge in [-0.15, -0.1) is 0 Å². The quantitative estimate of drug-likeness (QED) is 0.668. The lowest BCUT2D eigenvalue weighted by molar-refractivity contribution is 0.906. The van der Waals surface area contributed by atoms with Crippen LogP contribution in [0.1, 0.15) is 13.8 Å². The summed E-state index contributed by atoms with van der Waals surface area (Å²) >= 11 is 0. The van der Waals surface area contributed by atoms with Crippen molar-refractivity contribution in [2.45, 2.75) is 13.8 Å². The zero-order chi connectivity index (χ0) is 11.4. The van der Waals surface area contributed by atoms with Crippen molar-refractivity contribution in [1.29, 1.82) is 0 Å². The summed E-state index contributed by atoms with van der Waals surface area (Å²) in [6.07, 6.45) is 0. The monoisotopic (exact) mass is 204 g/mol. The van der Waals surface area contributed by atoms with Crippen molar-refractivity contribution >= 4 is 16.6 Å². The molecule has 0 amide bonds. The molecule has 1 heterocycles. The summed E-state index contributed by atoms with van der Waals surface area (Å²) in [6, 6.07) is 8.84. The summed E-state index contributed by atoms with van der Waals surface area (Å²) in [4.78, 5) is 11.3. The number of nitrogens with zero attached hydrogens (tertiary/aromatic N) is 1. The Morgan fingerprint density at radius 3 is 2.47 bits per heavy atom. The minimum Gasteiger partial charge on any atom is -0.398 e. The van der Waals surface area contributed by atoms with Gasteiger partial charge in [0, 0.05) is 24.2 Å². The second-order valence-electron chi connectivity index (χ2n) is 3.01. The minimum absolute atomic E-state index is 0.0156. The number of aromatic nitrogens is 1. The van der Waals surface area contributed by atoms with Crippen molar-refractivity contribution < 1.29 is 0 Å². The molecule has 0 aliphatic heterocycles. The predicted octanol–water partition coefficient (Wildman–Crippen LogP) is 2.15. The number of nitrogens with two attached hydrogens (primary N) is 1. The molecule has 2 rings (SSSR count). The first-order valence-electron chi connectivity index (χ1n) is 5.04. The van der Waals surface area contributed by atoms with Crippen LogP contribution in [0.3, 0.4) is 0 Å². The largest absolute Gasteiger partial charge is 0.398 e. The van der Waals surface area contributed by atoms with Crippen molar-refractivity contribution in [3.05, 3.63) is 40.7 Å². The van der Waals surface area contributed by atoms with Crippen LogP contribution >= 0.6 is 0 Å². The molecule has 2 aromatic rings. The van der Waals surface area contributed by atoms with E-state index < -0.39 is 0 Å². The van der Waals surface area contributed by atoms with E-state index in [2.05, 4.69) is 0 Å². The van der Waals surface area contributed by atoms with Crippen LogP contribution in [0.5, 0.6) is 0 Å². The molecule has 0 bridgehead atoms. The van der Waals surface area contributed by atoms with Crippen LogP contribution < -0.4 is 11.3 Å². The van der Waals surface area contributed by atoms with Gasteiger partial charge >= 0.3 is 0 Å². The fourth-order valence-electron chi connectivity index (χ4n) is 1.43. The highest BCUT2D eigenvalue weighted by Crippen LogP contribution is 2.17. The van der Waals surface area contributed by atoms with Crippen LogP contribution in [-0.2, 0) is 7.05 Å². The molecule has 80 valence electrons. The van der Waals surface area contributed by atoms with Gasteiger partial charge in [-0.2, -0.15) is 0 Å². The van der Waals surface area contributed by atoms with Gasteiger partial charge in [0.05, 0.1) is 5.52 Å².